The van der Waals surface area contributed by atoms with Gasteiger partial charge in [0.1, 0.15) is 11.7 Å². The minimum Gasteiger partial charge on any atom is -0.497 e. The average molecular weight is 289 g/mol. The van der Waals surface area contributed by atoms with Gasteiger partial charge >= 0.3 is 5.97 Å². The van der Waals surface area contributed by atoms with E-state index in [1.807, 2.05) is 0 Å². The molecule has 2 N–H and O–H groups in total. The molecule has 3 rings (SSSR count). The zero-order chi connectivity index (χ0) is 15.0. The third-order valence-electron chi connectivity index (χ3n) is 3.82. The first-order chi connectivity index (χ1) is 10.1. The van der Waals surface area contributed by atoms with E-state index in [1.165, 1.54) is 7.11 Å². The highest BCUT2D eigenvalue weighted by molar-refractivity contribution is 5.96. The molecule has 0 spiro atoms. The number of anilines is 1. The average Bonchev–Trinajstić information content (AvgIpc) is 3.07. The van der Waals surface area contributed by atoms with Gasteiger partial charge in [0.05, 0.1) is 25.2 Å². The van der Waals surface area contributed by atoms with Crippen molar-refractivity contribution in [2.24, 2.45) is 11.8 Å². The van der Waals surface area contributed by atoms with E-state index < -0.39 is 30.0 Å². The third-order valence-corrected chi connectivity index (χ3v) is 3.82. The van der Waals surface area contributed by atoms with E-state index in [-0.39, 0.29) is 5.91 Å². The lowest BCUT2D eigenvalue weighted by atomic mass is 9.82. The van der Waals surface area contributed by atoms with Crippen molar-refractivity contribution in [1.82, 2.24) is 0 Å². The number of rotatable bonds is 4. The van der Waals surface area contributed by atoms with E-state index >= 15 is 0 Å². The summed E-state index contributed by atoms with van der Waals surface area (Å²) in [6.07, 6.45) is 2.47. The van der Waals surface area contributed by atoms with E-state index in [9.17, 15) is 14.7 Å². The summed E-state index contributed by atoms with van der Waals surface area (Å²) < 4.78 is 10.6. The number of methoxy groups -OCH3 is 1. The lowest BCUT2D eigenvalue weighted by Crippen LogP contribution is -2.39. The predicted octanol–water partition coefficient (Wildman–Crippen LogP) is 1.29. The maximum atomic E-state index is 12.4. The number of hydrogen-bond acceptors (Lipinski definition) is 4. The van der Waals surface area contributed by atoms with E-state index in [0.717, 1.165) is 0 Å². The summed E-state index contributed by atoms with van der Waals surface area (Å²) in [4.78, 5) is 23.7. The van der Waals surface area contributed by atoms with Crippen molar-refractivity contribution < 1.29 is 24.2 Å². The second-order valence-corrected chi connectivity index (χ2v) is 5.06. The largest absolute Gasteiger partial charge is 0.497 e. The fourth-order valence-electron chi connectivity index (χ4n) is 2.84. The molecule has 21 heavy (non-hydrogen) atoms. The number of hydrogen-bond donors (Lipinski definition) is 2. The van der Waals surface area contributed by atoms with Crippen LogP contribution in [0.15, 0.2) is 36.4 Å². The second-order valence-electron chi connectivity index (χ2n) is 5.06. The summed E-state index contributed by atoms with van der Waals surface area (Å²) >= 11 is 0. The summed E-state index contributed by atoms with van der Waals surface area (Å²) in [5.41, 5.74) is 0.565. The Morgan fingerprint density at radius 2 is 1.95 bits per heavy atom. The van der Waals surface area contributed by atoms with Crippen molar-refractivity contribution in [3.05, 3.63) is 36.4 Å². The molecule has 6 nitrogen and oxygen atoms in total. The first-order valence-electron chi connectivity index (χ1n) is 6.61. The lowest BCUT2D eigenvalue weighted by molar-refractivity contribution is -0.145. The van der Waals surface area contributed by atoms with Crippen LogP contribution in [0.1, 0.15) is 0 Å². The molecule has 2 heterocycles. The fraction of sp³-hybridized carbons (Fsp3) is 0.333. The van der Waals surface area contributed by atoms with Crippen molar-refractivity contribution >= 4 is 17.6 Å². The maximum Gasteiger partial charge on any atom is 0.310 e. The third kappa shape index (κ3) is 2.38. The number of carbonyl (C=O) groups excluding carboxylic acids is 1. The van der Waals surface area contributed by atoms with Crippen LogP contribution in [-0.2, 0) is 14.3 Å². The Hall–Kier alpha value is -2.34. The SMILES string of the molecule is COc1cccc(NC(=O)[C@H]2[C@@H](C(=O)O)[C@@H]3C=C[C@H]2O3)c1. The molecule has 2 aliphatic heterocycles. The second kappa shape index (κ2) is 5.21. The molecule has 1 aromatic carbocycles. The quantitative estimate of drug-likeness (QED) is 0.816. The molecule has 2 bridgehead atoms. The molecule has 4 atom stereocenters. The van der Waals surface area contributed by atoms with Gasteiger partial charge in [0.15, 0.2) is 0 Å². The summed E-state index contributed by atoms with van der Waals surface area (Å²) in [5.74, 6) is -2.31. The monoisotopic (exact) mass is 289 g/mol. The molecule has 1 saturated heterocycles. The van der Waals surface area contributed by atoms with Gasteiger partial charge < -0.3 is 19.9 Å². The Bertz CT molecular complexity index is 612. The van der Waals surface area contributed by atoms with Crippen LogP contribution in [0.3, 0.4) is 0 Å². The first-order valence-corrected chi connectivity index (χ1v) is 6.61. The molecule has 0 aromatic heterocycles. The van der Waals surface area contributed by atoms with Crippen LogP contribution in [0.4, 0.5) is 5.69 Å². The highest BCUT2D eigenvalue weighted by Gasteiger charge is 2.53. The van der Waals surface area contributed by atoms with Gasteiger partial charge in [-0.1, -0.05) is 18.2 Å². The van der Waals surface area contributed by atoms with Crippen LogP contribution in [0.2, 0.25) is 0 Å². The van der Waals surface area contributed by atoms with Gasteiger partial charge in [0.2, 0.25) is 5.91 Å². The van der Waals surface area contributed by atoms with Gasteiger partial charge in [-0.3, -0.25) is 9.59 Å². The highest BCUT2D eigenvalue weighted by Crippen LogP contribution is 2.39. The van der Waals surface area contributed by atoms with E-state index in [2.05, 4.69) is 5.32 Å². The normalized spacial score (nSPS) is 29.4. The molecule has 0 radical (unpaired) electrons. The van der Waals surface area contributed by atoms with Crippen LogP contribution in [0.25, 0.3) is 0 Å². The van der Waals surface area contributed by atoms with Gasteiger partial charge in [-0.2, -0.15) is 0 Å². The molecular weight excluding hydrogens is 274 g/mol. The predicted molar refractivity (Wildman–Crippen MR) is 74.0 cm³/mol. The number of amides is 1. The smallest absolute Gasteiger partial charge is 0.310 e. The van der Waals surface area contributed by atoms with Crippen molar-refractivity contribution in [1.29, 1.82) is 0 Å². The number of carboxylic acid groups (broad SMARTS) is 1. The molecule has 6 heteroatoms. The Balaban J connectivity index is 1.78. The van der Waals surface area contributed by atoms with Crippen molar-refractivity contribution in [2.45, 2.75) is 12.2 Å². The van der Waals surface area contributed by atoms with Crippen LogP contribution in [0.5, 0.6) is 5.75 Å². The van der Waals surface area contributed by atoms with Crippen molar-refractivity contribution in [2.75, 3.05) is 12.4 Å². The molecule has 1 fully saturated rings. The Kier molecular flexibility index (Phi) is 3.39. The molecule has 0 aliphatic carbocycles. The van der Waals surface area contributed by atoms with Crippen LogP contribution < -0.4 is 10.1 Å². The van der Waals surface area contributed by atoms with Gasteiger partial charge in [-0.15, -0.1) is 0 Å². The zero-order valence-corrected chi connectivity index (χ0v) is 11.4. The first kappa shape index (κ1) is 13.6. The molecule has 1 amide bonds. The molecule has 2 aliphatic rings. The van der Waals surface area contributed by atoms with Gasteiger partial charge in [-0.05, 0) is 12.1 Å². The maximum absolute atomic E-state index is 12.4. The van der Waals surface area contributed by atoms with Crippen LogP contribution in [-0.4, -0.2) is 36.3 Å². The highest BCUT2D eigenvalue weighted by atomic mass is 16.5. The molecule has 1 aromatic rings. The Labute approximate surface area is 121 Å². The number of aliphatic carboxylic acids is 1. The van der Waals surface area contributed by atoms with Crippen molar-refractivity contribution in [3.8, 4) is 5.75 Å². The van der Waals surface area contributed by atoms with Gasteiger partial charge in [-0.25, -0.2) is 0 Å². The minimum absolute atomic E-state index is 0.354. The molecule has 0 saturated carbocycles. The molecule has 110 valence electrons. The standard InChI is InChI=1S/C15H15NO5/c1-20-9-4-2-3-8(7-9)16-14(17)12-10-5-6-11(21-10)13(12)15(18)19/h2-7,10-13H,1H3,(H,16,17)(H,18,19)/t10-,11+,12-,13+/m1/s1. The fourth-order valence-corrected chi connectivity index (χ4v) is 2.84. The lowest BCUT2D eigenvalue weighted by Gasteiger charge is -2.21. The Morgan fingerprint density at radius 1 is 1.24 bits per heavy atom. The van der Waals surface area contributed by atoms with Crippen LogP contribution in [0, 0.1) is 11.8 Å². The summed E-state index contributed by atoms with van der Waals surface area (Å²) in [6, 6.07) is 6.91. The molecular formula is C15H15NO5. The topological polar surface area (TPSA) is 84.9 Å². The number of fused-ring (bicyclic) bond motifs is 2. The van der Waals surface area contributed by atoms with E-state index in [4.69, 9.17) is 9.47 Å². The summed E-state index contributed by atoms with van der Waals surface area (Å²) in [7, 11) is 1.54. The number of carbonyl (C=O) groups is 2. The number of carboxylic acids is 1. The van der Waals surface area contributed by atoms with Gasteiger partial charge in [0.25, 0.3) is 0 Å². The van der Waals surface area contributed by atoms with E-state index in [1.54, 1.807) is 36.4 Å². The van der Waals surface area contributed by atoms with E-state index in [0.29, 0.717) is 11.4 Å². The number of ether oxygens (including phenoxy) is 2. The van der Waals surface area contributed by atoms with Gasteiger partial charge in [0, 0.05) is 11.8 Å². The summed E-state index contributed by atoms with van der Waals surface area (Å²) in [6.45, 7) is 0. The summed E-state index contributed by atoms with van der Waals surface area (Å²) in [5, 5.41) is 12.0. The molecule has 0 unspecified atom stereocenters. The number of nitrogens with one attached hydrogen (secondary N) is 1. The Morgan fingerprint density at radius 3 is 2.62 bits per heavy atom. The number of benzene rings is 1. The minimum atomic E-state index is -1.02. The van der Waals surface area contributed by atoms with Crippen molar-refractivity contribution in [3.63, 3.8) is 0 Å². The zero-order valence-electron chi connectivity index (χ0n) is 11.4. The van der Waals surface area contributed by atoms with Crippen LogP contribution >= 0.6 is 0 Å².